The zero-order valence-electron chi connectivity index (χ0n) is 10.2. The highest BCUT2D eigenvalue weighted by Crippen LogP contribution is 2.17. The Labute approximate surface area is 107 Å². The van der Waals surface area contributed by atoms with E-state index in [1.54, 1.807) is 18.3 Å². The van der Waals surface area contributed by atoms with Crippen molar-refractivity contribution in [3.05, 3.63) is 18.3 Å². The van der Waals surface area contributed by atoms with E-state index in [-0.39, 0.29) is 10.9 Å². The SMILES string of the molecule is CS(=O)(=O)c1cccnc1NCC1COCCN1. The van der Waals surface area contributed by atoms with Gasteiger partial charge in [0.05, 0.1) is 13.2 Å². The van der Waals surface area contributed by atoms with Gasteiger partial charge < -0.3 is 15.4 Å². The van der Waals surface area contributed by atoms with Crippen molar-refractivity contribution in [3.63, 3.8) is 0 Å². The highest BCUT2D eigenvalue weighted by atomic mass is 32.2. The van der Waals surface area contributed by atoms with E-state index in [1.165, 1.54) is 6.26 Å². The van der Waals surface area contributed by atoms with Crippen molar-refractivity contribution < 1.29 is 13.2 Å². The number of hydrogen-bond donors (Lipinski definition) is 2. The van der Waals surface area contributed by atoms with Gasteiger partial charge in [-0.2, -0.15) is 0 Å². The zero-order chi connectivity index (χ0) is 13.0. The minimum absolute atomic E-state index is 0.174. The minimum Gasteiger partial charge on any atom is -0.378 e. The lowest BCUT2D eigenvalue weighted by Gasteiger charge is -2.24. The number of pyridine rings is 1. The van der Waals surface area contributed by atoms with Crippen LogP contribution in [-0.4, -0.2) is 52.0 Å². The molecule has 1 unspecified atom stereocenters. The summed E-state index contributed by atoms with van der Waals surface area (Å²) in [5, 5.41) is 6.34. The Morgan fingerprint density at radius 2 is 2.44 bits per heavy atom. The van der Waals surface area contributed by atoms with E-state index in [9.17, 15) is 8.42 Å². The van der Waals surface area contributed by atoms with Crippen molar-refractivity contribution in [2.75, 3.05) is 37.9 Å². The molecule has 1 aliphatic heterocycles. The van der Waals surface area contributed by atoms with Gasteiger partial charge in [-0.25, -0.2) is 13.4 Å². The van der Waals surface area contributed by atoms with Crippen LogP contribution in [-0.2, 0) is 14.6 Å². The fourth-order valence-electron chi connectivity index (χ4n) is 1.79. The van der Waals surface area contributed by atoms with Crippen molar-refractivity contribution in [1.29, 1.82) is 0 Å². The van der Waals surface area contributed by atoms with Gasteiger partial charge >= 0.3 is 0 Å². The van der Waals surface area contributed by atoms with Crippen LogP contribution in [0.5, 0.6) is 0 Å². The molecule has 0 saturated carbocycles. The number of morpholine rings is 1. The van der Waals surface area contributed by atoms with E-state index >= 15 is 0 Å². The topological polar surface area (TPSA) is 80.3 Å². The van der Waals surface area contributed by atoms with Gasteiger partial charge in [-0.05, 0) is 12.1 Å². The molecule has 0 radical (unpaired) electrons. The van der Waals surface area contributed by atoms with Crippen LogP contribution in [0.25, 0.3) is 0 Å². The Morgan fingerprint density at radius 3 is 3.11 bits per heavy atom. The van der Waals surface area contributed by atoms with Crippen molar-refractivity contribution in [1.82, 2.24) is 10.3 Å². The molecule has 0 aliphatic carbocycles. The number of nitrogens with one attached hydrogen (secondary N) is 2. The molecule has 2 rings (SSSR count). The number of rotatable bonds is 4. The van der Waals surface area contributed by atoms with Gasteiger partial charge in [-0.15, -0.1) is 0 Å². The maximum absolute atomic E-state index is 11.6. The smallest absolute Gasteiger partial charge is 0.179 e. The second kappa shape index (κ2) is 5.64. The van der Waals surface area contributed by atoms with E-state index in [1.807, 2.05) is 0 Å². The van der Waals surface area contributed by atoms with E-state index in [2.05, 4.69) is 15.6 Å². The molecule has 100 valence electrons. The first-order valence-electron chi connectivity index (χ1n) is 5.77. The molecule has 1 fully saturated rings. The molecule has 0 aromatic carbocycles. The van der Waals surface area contributed by atoms with Gasteiger partial charge in [0.2, 0.25) is 0 Å². The average Bonchev–Trinajstić information content (AvgIpc) is 2.37. The number of ether oxygens (including phenoxy) is 1. The Hall–Kier alpha value is -1.18. The molecule has 2 heterocycles. The van der Waals surface area contributed by atoms with Gasteiger partial charge in [-0.3, -0.25) is 0 Å². The molecule has 1 aliphatic rings. The molecular formula is C11H17N3O3S. The number of nitrogens with zero attached hydrogens (tertiary/aromatic N) is 1. The van der Waals surface area contributed by atoms with E-state index < -0.39 is 9.84 Å². The van der Waals surface area contributed by atoms with Crippen LogP contribution in [0.4, 0.5) is 5.82 Å². The molecule has 0 bridgehead atoms. The van der Waals surface area contributed by atoms with E-state index in [0.29, 0.717) is 25.6 Å². The largest absolute Gasteiger partial charge is 0.378 e. The van der Waals surface area contributed by atoms with Crippen LogP contribution >= 0.6 is 0 Å². The van der Waals surface area contributed by atoms with E-state index in [4.69, 9.17) is 4.74 Å². The first kappa shape index (κ1) is 13.3. The third-order valence-electron chi connectivity index (χ3n) is 2.68. The van der Waals surface area contributed by atoms with E-state index in [0.717, 1.165) is 6.54 Å². The van der Waals surface area contributed by atoms with Gasteiger partial charge in [0, 0.05) is 31.6 Å². The number of anilines is 1. The first-order valence-corrected chi connectivity index (χ1v) is 7.66. The lowest BCUT2D eigenvalue weighted by molar-refractivity contribution is 0.0806. The summed E-state index contributed by atoms with van der Waals surface area (Å²) in [6.07, 6.45) is 2.75. The van der Waals surface area contributed by atoms with Crippen LogP contribution in [0.1, 0.15) is 0 Å². The number of aromatic nitrogens is 1. The molecule has 18 heavy (non-hydrogen) atoms. The summed E-state index contributed by atoms with van der Waals surface area (Å²) in [5.74, 6) is 0.396. The predicted molar refractivity (Wildman–Crippen MR) is 68.4 cm³/mol. The highest BCUT2D eigenvalue weighted by molar-refractivity contribution is 7.90. The van der Waals surface area contributed by atoms with Crippen molar-refractivity contribution in [3.8, 4) is 0 Å². The quantitative estimate of drug-likeness (QED) is 0.795. The lowest BCUT2D eigenvalue weighted by atomic mass is 10.3. The summed E-state index contributed by atoms with van der Waals surface area (Å²) in [7, 11) is -3.26. The minimum atomic E-state index is -3.26. The summed E-state index contributed by atoms with van der Waals surface area (Å²) < 4.78 is 28.5. The van der Waals surface area contributed by atoms with Crippen molar-refractivity contribution in [2.24, 2.45) is 0 Å². The zero-order valence-corrected chi connectivity index (χ0v) is 11.0. The second-order valence-corrected chi connectivity index (χ2v) is 6.21. The van der Waals surface area contributed by atoms with Crippen LogP contribution in [0.2, 0.25) is 0 Å². The standard InChI is InChI=1S/C11H17N3O3S/c1-18(15,16)10-3-2-4-13-11(10)14-7-9-8-17-6-5-12-9/h2-4,9,12H,5-8H2,1H3,(H,13,14). The third kappa shape index (κ3) is 3.41. The van der Waals surface area contributed by atoms with Crippen LogP contribution < -0.4 is 10.6 Å². The molecular weight excluding hydrogens is 254 g/mol. The van der Waals surface area contributed by atoms with Crippen molar-refractivity contribution >= 4 is 15.7 Å². The van der Waals surface area contributed by atoms with Gasteiger partial charge in [-0.1, -0.05) is 0 Å². The third-order valence-corrected chi connectivity index (χ3v) is 3.81. The van der Waals surface area contributed by atoms with Crippen LogP contribution in [0.15, 0.2) is 23.2 Å². The summed E-state index contributed by atoms with van der Waals surface area (Å²) in [5.41, 5.74) is 0. The summed E-state index contributed by atoms with van der Waals surface area (Å²) in [6, 6.07) is 3.34. The summed E-state index contributed by atoms with van der Waals surface area (Å²) in [6.45, 7) is 2.73. The molecule has 0 spiro atoms. The highest BCUT2D eigenvalue weighted by Gasteiger charge is 2.16. The molecule has 6 nitrogen and oxygen atoms in total. The molecule has 1 aromatic heterocycles. The molecule has 7 heteroatoms. The van der Waals surface area contributed by atoms with Gasteiger partial charge in [0.25, 0.3) is 0 Å². The number of sulfone groups is 1. The fourth-order valence-corrected chi connectivity index (χ4v) is 2.60. The normalized spacial score (nSPS) is 20.6. The first-order chi connectivity index (χ1) is 8.57. The Morgan fingerprint density at radius 1 is 1.61 bits per heavy atom. The molecule has 1 saturated heterocycles. The maximum atomic E-state index is 11.6. The Balaban J connectivity index is 2.05. The lowest BCUT2D eigenvalue weighted by Crippen LogP contribution is -2.45. The Kier molecular flexibility index (Phi) is 4.15. The summed E-state index contributed by atoms with van der Waals surface area (Å²) in [4.78, 5) is 4.29. The maximum Gasteiger partial charge on any atom is 0.179 e. The predicted octanol–water partition coefficient (Wildman–Crippen LogP) is -0.115. The average molecular weight is 271 g/mol. The van der Waals surface area contributed by atoms with Crippen LogP contribution in [0, 0.1) is 0 Å². The van der Waals surface area contributed by atoms with Crippen LogP contribution in [0.3, 0.4) is 0 Å². The van der Waals surface area contributed by atoms with Crippen molar-refractivity contribution in [2.45, 2.75) is 10.9 Å². The van der Waals surface area contributed by atoms with Gasteiger partial charge in [0.1, 0.15) is 10.7 Å². The summed E-state index contributed by atoms with van der Waals surface area (Å²) >= 11 is 0. The fraction of sp³-hybridized carbons (Fsp3) is 0.545. The second-order valence-electron chi connectivity index (χ2n) is 4.23. The molecule has 1 atom stereocenters. The Bertz CT molecular complexity index is 498. The van der Waals surface area contributed by atoms with Gasteiger partial charge in [0.15, 0.2) is 9.84 Å². The monoisotopic (exact) mass is 271 g/mol. The number of hydrogen-bond acceptors (Lipinski definition) is 6. The molecule has 0 amide bonds. The molecule has 2 N–H and O–H groups in total. The molecule has 1 aromatic rings.